The van der Waals surface area contributed by atoms with Gasteiger partial charge in [-0.05, 0) is 15.9 Å². The van der Waals surface area contributed by atoms with Crippen molar-refractivity contribution in [2.45, 2.75) is 0 Å². The molecular formula is C6H2BrF2NO3. The molecule has 0 aromatic heterocycles. The van der Waals surface area contributed by atoms with Crippen LogP contribution in [0.2, 0.25) is 0 Å². The van der Waals surface area contributed by atoms with Gasteiger partial charge in [0.1, 0.15) is 10.3 Å². The minimum atomic E-state index is -1.37. The highest BCUT2D eigenvalue weighted by Gasteiger charge is 2.25. The van der Waals surface area contributed by atoms with Crippen LogP contribution in [0.4, 0.5) is 14.5 Å². The van der Waals surface area contributed by atoms with Gasteiger partial charge in [-0.2, -0.15) is 0 Å². The SMILES string of the molecule is O=[N+]([O-])c1c(O)c(F)cc(F)c1Br. The zero-order valence-electron chi connectivity index (χ0n) is 5.92. The van der Waals surface area contributed by atoms with Gasteiger partial charge in [-0.25, -0.2) is 8.78 Å². The number of halogens is 3. The third-order valence-electron chi connectivity index (χ3n) is 1.30. The number of hydrogen-bond acceptors (Lipinski definition) is 3. The van der Waals surface area contributed by atoms with E-state index in [9.17, 15) is 18.9 Å². The van der Waals surface area contributed by atoms with Gasteiger partial charge in [0, 0.05) is 6.07 Å². The number of nitrogens with zero attached hydrogens (tertiary/aromatic N) is 1. The van der Waals surface area contributed by atoms with E-state index in [1.165, 1.54) is 0 Å². The topological polar surface area (TPSA) is 63.4 Å². The molecule has 1 aromatic carbocycles. The van der Waals surface area contributed by atoms with Crippen LogP contribution in [0.15, 0.2) is 10.5 Å². The Morgan fingerprint density at radius 1 is 1.46 bits per heavy atom. The van der Waals surface area contributed by atoms with Crippen LogP contribution in [0.25, 0.3) is 0 Å². The maximum Gasteiger partial charge on any atom is 0.330 e. The zero-order chi connectivity index (χ0) is 10.2. The zero-order valence-corrected chi connectivity index (χ0v) is 7.51. The average molecular weight is 254 g/mol. The van der Waals surface area contributed by atoms with E-state index in [1.54, 1.807) is 0 Å². The third-order valence-corrected chi connectivity index (χ3v) is 2.06. The van der Waals surface area contributed by atoms with E-state index in [4.69, 9.17) is 5.11 Å². The molecule has 4 nitrogen and oxygen atoms in total. The van der Waals surface area contributed by atoms with E-state index in [0.717, 1.165) is 0 Å². The number of nitro groups is 1. The van der Waals surface area contributed by atoms with Crippen molar-refractivity contribution in [1.29, 1.82) is 0 Å². The first-order valence-electron chi connectivity index (χ1n) is 2.96. The number of phenolic OH excluding ortho intramolecular Hbond substituents is 1. The molecule has 0 bridgehead atoms. The van der Waals surface area contributed by atoms with Crippen molar-refractivity contribution >= 4 is 21.6 Å². The van der Waals surface area contributed by atoms with E-state index in [2.05, 4.69) is 15.9 Å². The molecule has 0 aliphatic heterocycles. The van der Waals surface area contributed by atoms with Gasteiger partial charge < -0.3 is 5.11 Å². The fourth-order valence-electron chi connectivity index (χ4n) is 0.740. The Kier molecular flexibility index (Phi) is 2.46. The molecule has 0 unspecified atom stereocenters. The van der Waals surface area contributed by atoms with Crippen LogP contribution in [-0.4, -0.2) is 10.0 Å². The van der Waals surface area contributed by atoms with Crippen LogP contribution < -0.4 is 0 Å². The quantitative estimate of drug-likeness (QED) is 0.475. The standard InChI is InChI=1S/C6H2BrF2NO3/c7-4-2(8)1-3(9)6(11)5(4)10(12)13/h1,11H. The summed E-state index contributed by atoms with van der Waals surface area (Å²) in [7, 11) is 0. The fourth-order valence-corrected chi connectivity index (χ4v) is 1.19. The van der Waals surface area contributed by atoms with Crippen LogP contribution in [-0.2, 0) is 0 Å². The van der Waals surface area contributed by atoms with Gasteiger partial charge in [-0.1, -0.05) is 0 Å². The summed E-state index contributed by atoms with van der Waals surface area (Å²) in [4.78, 5) is 9.15. The van der Waals surface area contributed by atoms with Crippen molar-refractivity contribution in [2.75, 3.05) is 0 Å². The van der Waals surface area contributed by atoms with Crippen molar-refractivity contribution in [3.05, 3.63) is 32.3 Å². The van der Waals surface area contributed by atoms with Gasteiger partial charge in [-0.15, -0.1) is 0 Å². The Bertz CT molecular complexity index is 356. The second-order valence-electron chi connectivity index (χ2n) is 2.11. The molecule has 13 heavy (non-hydrogen) atoms. The van der Waals surface area contributed by atoms with Crippen molar-refractivity contribution < 1.29 is 18.8 Å². The van der Waals surface area contributed by atoms with E-state index >= 15 is 0 Å². The Labute approximate surface area is 79.1 Å². The molecule has 1 aromatic rings. The Morgan fingerprint density at radius 3 is 2.46 bits per heavy atom. The van der Waals surface area contributed by atoms with Crippen LogP contribution in [0, 0.1) is 21.7 Å². The molecule has 1 N–H and O–H groups in total. The molecule has 70 valence electrons. The molecule has 0 radical (unpaired) electrons. The van der Waals surface area contributed by atoms with E-state index in [0.29, 0.717) is 6.07 Å². The first kappa shape index (κ1) is 9.85. The largest absolute Gasteiger partial charge is 0.500 e. The molecule has 0 aliphatic rings. The molecule has 0 amide bonds. The molecule has 0 aliphatic carbocycles. The summed E-state index contributed by atoms with van der Waals surface area (Å²) < 4.78 is 24.7. The van der Waals surface area contributed by atoms with E-state index in [1.807, 2.05) is 0 Å². The average Bonchev–Trinajstić information content (AvgIpc) is 2.01. The number of hydrogen-bond donors (Lipinski definition) is 1. The molecule has 0 atom stereocenters. The van der Waals surface area contributed by atoms with E-state index < -0.39 is 32.5 Å². The highest BCUT2D eigenvalue weighted by Crippen LogP contribution is 2.37. The van der Waals surface area contributed by atoms with Gasteiger partial charge in [0.05, 0.1) is 4.92 Å². The molecule has 7 heteroatoms. The lowest BCUT2D eigenvalue weighted by Gasteiger charge is -2.00. The molecular weight excluding hydrogens is 252 g/mol. The number of rotatable bonds is 1. The first-order valence-corrected chi connectivity index (χ1v) is 3.75. The van der Waals surface area contributed by atoms with Gasteiger partial charge in [0.2, 0.25) is 5.75 Å². The number of phenols is 1. The molecule has 0 saturated heterocycles. The monoisotopic (exact) mass is 253 g/mol. The molecule has 0 fully saturated rings. The summed E-state index contributed by atoms with van der Waals surface area (Å²) in [6.45, 7) is 0. The second kappa shape index (κ2) is 3.25. The summed E-state index contributed by atoms with van der Waals surface area (Å²) in [6.07, 6.45) is 0. The maximum absolute atomic E-state index is 12.7. The predicted molar refractivity (Wildman–Crippen MR) is 42.4 cm³/mol. The lowest BCUT2D eigenvalue weighted by Crippen LogP contribution is -1.94. The third kappa shape index (κ3) is 1.59. The van der Waals surface area contributed by atoms with E-state index in [-0.39, 0.29) is 0 Å². The van der Waals surface area contributed by atoms with Gasteiger partial charge in [-0.3, -0.25) is 10.1 Å². The minimum absolute atomic E-state index is 0.354. The fraction of sp³-hybridized carbons (Fsp3) is 0. The number of aromatic hydroxyl groups is 1. The Hall–Kier alpha value is -1.24. The first-order chi connectivity index (χ1) is 5.95. The summed E-state index contributed by atoms with van der Waals surface area (Å²) >= 11 is 2.52. The number of nitro benzene ring substituents is 1. The molecule has 0 saturated carbocycles. The smallest absolute Gasteiger partial charge is 0.330 e. The summed E-state index contributed by atoms with van der Waals surface area (Å²) in [5, 5.41) is 19.1. The van der Waals surface area contributed by atoms with Crippen LogP contribution >= 0.6 is 15.9 Å². The van der Waals surface area contributed by atoms with Crippen LogP contribution in [0.5, 0.6) is 5.75 Å². The normalized spacial score (nSPS) is 10.1. The molecule has 0 spiro atoms. The highest BCUT2D eigenvalue weighted by atomic mass is 79.9. The lowest BCUT2D eigenvalue weighted by atomic mass is 10.3. The maximum atomic E-state index is 12.7. The van der Waals surface area contributed by atoms with Gasteiger partial charge in [0.25, 0.3) is 0 Å². The summed E-state index contributed by atoms with van der Waals surface area (Å²) in [5.74, 6) is -3.69. The second-order valence-corrected chi connectivity index (χ2v) is 2.90. The predicted octanol–water partition coefficient (Wildman–Crippen LogP) is 2.34. The highest BCUT2D eigenvalue weighted by molar-refractivity contribution is 9.10. The molecule has 0 heterocycles. The van der Waals surface area contributed by atoms with Gasteiger partial charge in [0.15, 0.2) is 5.82 Å². The lowest BCUT2D eigenvalue weighted by molar-refractivity contribution is -0.387. The van der Waals surface area contributed by atoms with Crippen LogP contribution in [0.3, 0.4) is 0 Å². The van der Waals surface area contributed by atoms with Crippen molar-refractivity contribution in [3.63, 3.8) is 0 Å². The summed E-state index contributed by atoms with van der Waals surface area (Å²) in [5.41, 5.74) is -1.02. The van der Waals surface area contributed by atoms with Crippen molar-refractivity contribution in [1.82, 2.24) is 0 Å². The minimum Gasteiger partial charge on any atom is -0.500 e. The Morgan fingerprint density at radius 2 is 2.00 bits per heavy atom. The molecule has 1 rings (SSSR count). The Balaban J connectivity index is 3.56. The number of benzene rings is 1. The summed E-state index contributed by atoms with van der Waals surface area (Å²) in [6, 6.07) is 0.354. The van der Waals surface area contributed by atoms with Crippen LogP contribution in [0.1, 0.15) is 0 Å². The van der Waals surface area contributed by atoms with Gasteiger partial charge >= 0.3 is 5.69 Å². The van der Waals surface area contributed by atoms with Crippen molar-refractivity contribution in [3.8, 4) is 5.75 Å². The van der Waals surface area contributed by atoms with Crippen molar-refractivity contribution in [2.24, 2.45) is 0 Å².